The molecule has 5 heteroatoms. The second kappa shape index (κ2) is 7.87. The van der Waals surface area contributed by atoms with Gasteiger partial charge in [-0.2, -0.15) is 5.26 Å². The molecule has 0 aliphatic rings. The maximum atomic E-state index is 12.0. The minimum absolute atomic E-state index is 0.00545. The summed E-state index contributed by atoms with van der Waals surface area (Å²) in [5.41, 5.74) is 1.72. The van der Waals surface area contributed by atoms with Crippen molar-refractivity contribution in [2.45, 2.75) is 6.54 Å². The van der Waals surface area contributed by atoms with Crippen LogP contribution in [0.15, 0.2) is 66.4 Å². The molecule has 2 aromatic carbocycles. The molecule has 2 aromatic rings. The third-order valence-electron chi connectivity index (χ3n) is 2.89. The molecule has 0 aliphatic carbocycles. The van der Waals surface area contributed by atoms with Gasteiger partial charge in [-0.3, -0.25) is 4.79 Å². The molecular formula is C17H14ClN3O. The quantitative estimate of drug-likeness (QED) is 0.656. The van der Waals surface area contributed by atoms with E-state index in [1.54, 1.807) is 24.3 Å². The fraction of sp³-hybridized carbons (Fsp3) is 0.0588. The molecule has 0 aliphatic heterocycles. The fourth-order valence-corrected chi connectivity index (χ4v) is 1.85. The van der Waals surface area contributed by atoms with Gasteiger partial charge in [-0.1, -0.05) is 41.9 Å². The van der Waals surface area contributed by atoms with Gasteiger partial charge in [0.2, 0.25) is 0 Å². The van der Waals surface area contributed by atoms with Gasteiger partial charge in [0.05, 0.1) is 0 Å². The summed E-state index contributed by atoms with van der Waals surface area (Å²) in [6, 6.07) is 18.3. The van der Waals surface area contributed by atoms with Crippen molar-refractivity contribution in [3.8, 4) is 6.07 Å². The Labute approximate surface area is 134 Å². The maximum absolute atomic E-state index is 12.0. The SMILES string of the molecule is N#C/C(=C/Nc1ccc(Cl)cc1)C(=O)NCc1ccccc1. The third-order valence-corrected chi connectivity index (χ3v) is 3.14. The summed E-state index contributed by atoms with van der Waals surface area (Å²) in [7, 11) is 0. The zero-order valence-corrected chi connectivity index (χ0v) is 12.5. The minimum Gasteiger partial charge on any atom is -0.360 e. The van der Waals surface area contributed by atoms with Gasteiger partial charge in [0.25, 0.3) is 5.91 Å². The molecule has 2 N–H and O–H groups in total. The number of carbonyl (C=O) groups is 1. The maximum Gasteiger partial charge on any atom is 0.263 e. The average molecular weight is 312 g/mol. The second-order valence-corrected chi connectivity index (χ2v) is 4.93. The Morgan fingerprint density at radius 2 is 1.82 bits per heavy atom. The summed E-state index contributed by atoms with van der Waals surface area (Å²) < 4.78 is 0. The number of anilines is 1. The van der Waals surface area contributed by atoms with Crippen molar-refractivity contribution in [3.05, 3.63) is 77.0 Å². The van der Waals surface area contributed by atoms with Gasteiger partial charge >= 0.3 is 0 Å². The van der Waals surface area contributed by atoms with Crippen molar-refractivity contribution in [2.75, 3.05) is 5.32 Å². The van der Waals surface area contributed by atoms with Gasteiger partial charge in [0, 0.05) is 23.5 Å². The summed E-state index contributed by atoms with van der Waals surface area (Å²) in [6.45, 7) is 0.375. The van der Waals surface area contributed by atoms with E-state index in [1.807, 2.05) is 36.4 Å². The highest BCUT2D eigenvalue weighted by molar-refractivity contribution is 6.30. The highest BCUT2D eigenvalue weighted by atomic mass is 35.5. The molecule has 1 amide bonds. The molecule has 2 rings (SSSR count). The van der Waals surface area contributed by atoms with Crippen molar-refractivity contribution < 1.29 is 4.79 Å². The Morgan fingerprint density at radius 1 is 1.14 bits per heavy atom. The molecule has 0 saturated heterocycles. The first kappa shape index (κ1) is 15.6. The van der Waals surface area contributed by atoms with Crippen LogP contribution in [-0.4, -0.2) is 5.91 Å². The van der Waals surface area contributed by atoms with Crippen LogP contribution in [0.2, 0.25) is 5.02 Å². The van der Waals surface area contributed by atoms with Crippen LogP contribution in [0, 0.1) is 11.3 Å². The van der Waals surface area contributed by atoms with Gasteiger partial charge in [0.15, 0.2) is 0 Å². The highest BCUT2D eigenvalue weighted by Crippen LogP contribution is 2.13. The molecule has 4 nitrogen and oxygen atoms in total. The normalized spacial score (nSPS) is 10.6. The van der Waals surface area contributed by atoms with Gasteiger partial charge in [0.1, 0.15) is 11.6 Å². The van der Waals surface area contributed by atoms with Crippen LogP contribution >= 0.6 is 11.6 Å². The molecule has 0 bridgehead atoms. The molecule has 0 radical (unpaired) electrons. The number of rotatable bonds is 5. The van der Waals surface area contributed by atoms with Crippen LogP contribution in [0.4, 0.5) is 5.69 Å². The van der Waals surface area contributed by atoms with E-state index >= 15 is 0 Å². The topological polar surface area (TPSA) is 64.9 Å². The Hall–Kier alpha value is -2.77. The lowest BCUT2D eigenvalue weighted by atomic mass is 10.2. The lowest BCUT2D eigenvalue weighted by Gasteiger charge is -2.05. The number of benzene rings is 2. The summed E-state index contributed by atoms with van der Waals surface area (Å²) in [4.78, 5) is 12.0. The van der Waals surface area contributed by atoms with Crippen LogP contribution in [0.3, 0.4) is 0 Å². The minimum atomic E-state index is -0.423. The van der Waals surface area contributed by atoms with E-state index in [4.69, 9.17) is 16.9 Å². The molecule has 0 unspecified atom stereocenters. The molecule has 0 aromatic heterocycles. The summed E-state index contributed by atoms with van der Waals surface area (Å²) in [5, 5.41) is 15.3. The van der Waals surface area contributed by atoms with E-state index in [0.29, 0.717) is 11.6 Å². The van der Waals surface area contributed by atoms with Gasteiger partial charge < -0.3 is 10.6 Å². The third kappa shape index (κ3) is 4.65. The molecule has 110 valence electrons. The van der Waals surface area contributed by atoms with Crippen molar-refractivity contribution in [3.63, 3.8) is 0 Å². The smallest absolute Gasteiger partial charge is 0.263 e. The highest BCUT2D eigenvalue weighted by Gasteiger charge is 2.08. The largest absolute Gasteiger partial charge is 0.360 e. The molecule has 0 fully saturated rings. The van der Waals surface area contributed by atoms with Crippen molar-refractivity contribution >= 4 is 23.2 Å². The standard InChI is InChI=1S/C17H14ClN3O/c18-15-6-8-16(9-7-15)20-12-14(10-19)17(22)21-11-13-4-2-1-3-5-13/h1-9,12,20H,11H2,(H,21,22)/b14-12-. The molecule has 0 heterocycles. The Balaban J connectivity index is 1.95. The molecule has 22 heavy (non-hydrogen) atoms. The number of nitrogens with one attached hydrogen (secondary N) is 2. The molecule has 0 spiro atoms. The van der Waals surface area contributed by atoms with Crippen molar-refractivity contribution in [1.29, 1.82) is 5.26 Å². The van der Waals surface area contributed by atoms with Crippen molar-refractivity contribution in [2.24, 2.45) is 0 Å². The summed E-state index contributed by atoms with van der Waals surface area (Å²) in [6.07, 6.45) is 1.38. The second-order valence-electron chi connectivity index (χ2n) is 4.49. The number of hydrogen-bond acceptors (Lipinski definition) is 3. The molecule has 0 saturated carbocycles. The zero-order valence-electron chi connectivity index (χ0n) is 11.7. The first-order valence-electron chi connectivity index (χ1n) is 6.63. The Morgan fingerprint density at radius 3 is 2.45 bits per heavy atom. The number of carbonyl (C=O) groups excluding carboxylic acids is 1. The number of hydrogen-bond donors (Lipinski definition) is 2. The molecular weight excluding hydrogens is 298 g/mol. The van der Waals surface area contributed by atoms with Crippen LogP contribution < -0.4 is 10.6 Å². The average Bonchev–Trinajstić information content (AvgIpc) is 2.56. The fourth-order valence-electron chi connectivity index (χ4n) is 1.72. The first-order chi connectivity index (χ1) is 10.7. The van der Waals surface area contributed by atoms with Gasteiger partial charge in [-0.05, 0) is 29.8 Å². The lowest BCUT2D eigenvalue weighted by molar-refractivity contribution is -0.117. The van der Waals surface area contributed by atoms with E-state index in [9.17, 15) is 4.79 Å². The Bertz CT molecular complexity index is 703. The van der Waals surface area contributed by atoms with E-state index in [1.165, 1.54) is 6.20 Å². The number of nitrogens with zero attached hydrogens (tertiary/aromatic N) is 1. The van der Waals surface area contributed by atoms with Crippen molar-refractivity contribution in [1.82, 2.24) is 5.32 Å². The first-order valence-corrected chi connectivity index (χ1v) is 7.01. The lowest BCUT2D eigenvalue weighted by Crippen LogP contribution is -2.24. The van der Waals surface area contributed by atoms with E-state index in [-0.39, 0.29) is 5.57 Å². The van der Waals surface area contributed by atoms with Gasteiger partial charge in [-0.15, -0.1) is 0 Å². The summed E-state index contributed by atoms with van der Waals surface area (Å²) >= 11 is 5.79. The summed E-state index contributed by atoms with van der Waals surface area (Å²) in [5.74, 6) is -0.423. The van der Waals surface area contributed by atoms with E-state index in [0.717, 1.165) is 11.3 Å². The van der Waals surface area contributed by atoms with Crippen LogP contribution in [0.1, 0.15) is 5.56 Å². The predicted molar refractivity (Wildman–Crippen MR) is 87.1 cm³/mol. The van der Waals surface area contributed by atoms with Gasteiger partial charge in [-0.25, -0.2) is 0 Å². The van der Waals surface area contributed by atoms with Crippen LogP contribution in [-0.2, 0) is 11.3 Å². The van der Waals surface area contributed by atoms with Crippen LogP contribution in [0.5, 0.6) is 0 Å². The number of halogens is 1. The van der Waals surface area contributed by atoms with E-state index in [2.05, 4.69) is 10.6 Å². The predicted octanol–water partition coefficient (Wildman–Crippen LogP) is 3.48. The monoisotopic (exact) mass is 311 g/mol. The van der Waals surface area contributed by atoms with E-state index < -0.39 is 5.91 Å². The number of amides is 1. The van der Waals surface area contributed by atoms with Crippen LogP contribution in [0.25, 0.3) is 0 Å². The number of nitriles is 1. The Kier molecular flexibility index (Phi) is 5.58. The zero-order chi connectivity index (χ0) is 15.8. The molecule has 0 atom stereocenters.